The van der Waals surface area contributed by atoms with E-state index in [0.717, 1.165) is 64.2 Å². The van der Waals surface area contributed by atoms with Gasteiger partial charge in [-0.3, -0.25) is 0 Å². The van der Waals surface area contributed by atoms with Crippen LogP contribution < -0.4 is 0 Å². The molecule has 4 nitrogen and oxygen atoms in total. The molecule has 0 N–H and O–H groups in total. The van der Waals surface area contributed by atoms with E-state index in [1.54, 1.807) is 13.8 Å². The summed E-state index contributed by atoms with van der Waals surface area (Å²) in [6.07, 6.45) is 14.0. The number of rotatable bonds is 7. The molecule has 134 valence electrons. The summed E-state index contributed by atoms with van der Waals surface area (Å²) in [4.78, 5) is 23.9. The molecule has 2 rings (SSSR count). The largest absolute Gasteiger partial charge is 0.459 e. The number of carbonyl (C=O) groups excluding carboxylic acids is 2. The maximum Gasteiger partial charge on any atom is 0.333 e. The highest BCUT2D eigenvalue weighted by molar-refractivity contribution is 5.88. The Morgan fingerprint density at radius 3 is 1.42 bits per heavy atom. The van der Waals surface area contributed by atoms with Crippen molar-refractivity contribution in [3.05, 3.63) is 23.3 Å². The second-order valence-electron chi connectivity index (χ2n) is 6.98. The van der Waals surface area contributed by atoms with Crippen LogP contribution in [0, 0.1) is 0 Å². The van der Waals surface area contributed by atoms with Gasteiger partial charge in [-0.15, -0.1) is 0 Å². The zero-order chi connectivity index (χ0) is 17.4. The van der Waals surface area contributed by atoms with E-state index in [0.29, 0.717) is 11.1 Å². The van der Waals surface area contributed by atoms with Crippen molar-refractivity contribution in [1.82, 2.24) is 0 Å². The lowest BCUT2D eigenvalue weighted by molar-refractivity contribution is -0.144. The van der Waals surface area contributed by atoms with Crippen LogP contribution >= 0.6 is 0 Å². The molecule has 2 saturated carbocycles. The summed E-state index contributed by atoms with van der Waals surface area (Å²) in [5, 5.41) is 0. The minimum atomic E-state index is -0.205. The number of esters is 2. The number of carbonyl (C=O) groups is 2. The van der Waals surface area contributed by atoms with Crippen LogP contribution in [0.2, 0.25) is 0 Å². The van der Waals surface area contributed by atoms with Crippen LogP contribution in [0.4, 0.5) is 0 Å². The van der Waals surface area contributed by atoms with Gasteiger partial charge >= 0.3 is 11.9 Å². The molecule has 0 radical (unpaired) electrons. The predicted octanol–water partition coefficient (Wildman–Crippen LogP) is 4.63. The fraction of sp³-hybridized carbons (Fsp3) is 0.700. The van der Waals surface area contributed by atoms with Crippen molar-refractivity contribution >= 4 is 11.9 Å². The number of unbranched alkanes of at least 4 members (excludes halogenated alkanes) is 1. The fourth-order valence-corrected chi connectivity index (χ4v) is 3.27. The van der Waals surface area contributed by atoms with Gasteiger partial charge in [0.2, 0.25) is 0 Å². The van der Waals surface area contributed by atoms with Crippen molar-refractivity contribution in [3.8, 4) is 0 Å². The predicted molar refractivity (Wildman–Crippen MR) is 93.4 cm³/mol. The van der Waals surface area contributed by atoms with E-state index >= 15 is 0 Å². The lowest BCUT2D eigenvalue weighted by atomic mass is 10.1. The molecule has 2 fully saturated rings. The van der Waals surface area contributed by atoms with E-state index in [2.05, 4.69) is 0 Å². The summed E-state index contributed by atoms with van der Waals surface area (Å²) in [5.74, 6) is -0.411. The first-order valence-electron chi connectivity index (χ1n) is 9.31. The highest BCUT2D eigenvalue weighted by atomic mass is 16.5. The van der Waals surface area contributed by atoms with Crippen LogP contribution in [-0.2, 0) is 19.1 Å². The second kappa shape index (κ2) is 9.65. The highest BCUT2D eigenvalue weighted by Crippen LogP contribution is 2.23. The van der Waals surface area contributed by atoms with E-state index in [-0.39, 0.29) is 24.1 Å². The zero-order valence-electron chi connectivity index (χ0n) is 15.0. The average molecular weight is 334 g/mol. The lowest BCUT2D eigenvalue weighted by Gasteiger charge is -2.11. The molecule has 2 aliphatic rings. The number of allylic oxidation sites excluding steroid dienone is 2. The number of hydrogen-bond donors (Lipinski definition) is 0. The van der Waals surface area contributed by atoms with Gasteiger partial charge in [-0.2, -0.15) is 0 Å². The van der Waals surface area contributed by atoms with Crippen molar-refractivity contribution in [2.24, 2.45) is 0 Å². The molecule has 0 aromatic rings. The quantitative estimate of drug-likeness (QED) is 0.387. The minimum absolute atomic E-state index is 0.105. The summed E-state index contributed by atoms with van der Waals surface area (Å²) in [5.41, 5.74) is 1.31. The Hall–Kier alpha value is -1.58. The molecule has 0 unspecified atom stereocenters. The Balaban J connectivity index is 1.68. The normalized spacial score (nSPS) is 20.4. The molecule has 0 aliphatic heterocycles. The zero-order valence-corrected chi connectivity index (χ0v) is 15.0. The first kappa shape index (κ1) is 18.8. The van der Waals surface area contributed by atoms with E-state index in [1.165, 1.54) is 0 Å². The van der Waals surface area contributed by atoms with Gasteiger partial charge in [0.05, 0.1) is 0 Å². The summed E-state index contributed by atoms with van der Waals surface area (Å²) in [7, 11) is 0. The molecule has 0 spiro atoms. The Morgan fingerprint density at radius 1 is 0.750 bits per heavy atom. The van der Waals surface area contributed by atoms with Crippen molar-refractivity contribution in [1.29, 1.82) is 0 Å². The van der Waals surface area contributed by atoms with Crippen molar-refractivity contribution in [2.45, 2.75) is 90.3 Å². The first-order valence-corrected chi connectivity index (χ1v) is 9.31. The third-order valence-electron chi connectivity index (χ3n) is 4.86. The molecule has 2 aliphatic carbocycles. The summed E-state index contributed by atoms with van der Waals surface area (Å²) < 4.78 is 10.9. The second-order valence-corrected chi connectivity index (χ2v) is 6.98. The van der Waals surface area contributed by atoms with Gasteiger partial charge in [0, 0.05) is 11.1 Å². The molecule has 4 heteroatoms. The monoisotopic (exact) mass is 334 g/mol. The third kappa shape index (κ3) is 6.14. The van der Waals surface area contributed by atoms with Crippen LogP contribution in [0.5, 0.6) is 0 Å². The SMILES string of the molecule is C/C(=C\CC/C=C(\C)C(=O)OC1CCCC1)C(=O)OC1CCCC1. The van der Waals surface area contributed by atoms with Gasteiger partial charge in [0.25, 0.3) is 0 Å². The molecule has 0 bridgehead atoms. The molecule has 0 atom stereocenters. The average Bonchev–Trinajstić information content (AvgIpc) is 3.24. The third-order valence-corrected chi connectivity index (χ3v) is 4.86. The van der Waals surface area contributed by atoms with Crippen LogP contribution in [-0.4, -0.2) is 24.1 Å². The van der Waals surface area contributed by atoms with Crippen LogP contribution in [0.25, 0.3) is 0 Å². The molecular weight excluding hydrogens is 304 g/mol. The van der Waals surface area contributed by atoms with E-state index in [1.807, 2.05) is 12.2 Å². The van der Waals surface area contributed by atoms with Crippen molar-refractivity contribution in [2.75, 3.05) is 0 Å². The Bertz CT molecular complexity index is 446. The molecule has 24 heavy (non-hydrogen) atoms. The van der Waals surface area contributed by atoms with Gasteiger partial charge in [-0.1, -0.05) is 12.2 Å². The molecule has 0 heterocycles. The maximum atomic E-state index is 11.9. The van der Waals surface area contributed by atoms with E-state index in [9.17, 15) is 9.59 Å². The van der Waals surface area contributed by atoms with Gasteiger partial charge in [-0.05, 0) is 78.1 Å². The van der Waals surface area contributed by atoms with Gasteiger partial charge < -0.3 is 9.47 Å². The van der Waals surface area contributed by atoms with Crippen molar-refractivity contribution in [3.63, 3.8) is 0 Å². The van der Waals surface area contributed by atoms with Crippen LogP contribution in [0.1, 0.15) is 78.1 Å². The van der Waals surface area contributed by atoms with Gasteiger partial charge in [-0.25, -0.2) is 9.59 Å². The smallest absolute Gasteiger partial charge is 0.333 e. The number of ether oxygens (including phenoxy) is 2. The minimum Gasteiger partial charge on any atom is -0.459 e. The van der Waals surface area contributed by atoms with Gasteiger partial charge in [0.15, 0.2) is 0 Å². The van der Waals surface area contributed by atoms with Crippen LogP contribution in [0.15, 0.2) is 23.3 Å². The standard InChI is InChI=1S/C20H30O4/c1-15(19(21)23-17-11-5-6-12-17)9-3-4-10-16(2)20(22)24-18-13-7-8-14-18/h9-10,17-18H,3-8,11-14H2,1-2H3/b15-9+,16-10+. The Kier molecular flexibility index (Phi) is 7.54. The number of hydrogen-bond acceptors (Lipinski definition) is 4. The molecule has 0 aromatic carbocycles. The Morgan fingerprint density at radius 2 is 1.08 bits per heavy atom. The topological polar surface area (TPSA) is 52.6 Å². The Labute approximate surface area is 145 Å². The highest BCUT2D eigenvalue weighted by Gasteiger charge is 2.20. The van der Waals surface area contributed by atoms with Crippen LogP contribution in [0.3, 0.4) is 0 Å². The molecular formula is C20H30O4. The lowest BCUT2D eigenvalue weighted by Crippen LogP contribution is -2.15. The maximum absolute atomic E-state index is 11.9. The fourth-order valence-electron chi connectivity index (χ4n) is 3.27. The summed E-state index contributed by atoms with van der Waals surface area (Å²) in [6, 6.07) is 0. The molecule has 0 amide bonds. The summed E-state index contributed by atoms with van der Waals surface area (Å²) >= 11 is 0. The first-order chi connectivity index (χ1) is 11.6. The van der Waals surface area contributed by atoms with E-state index < -0.39 is 0 Å². The van der Waals surface area contributed by atoms with E-state index in [4.69, 9.17) is 9.47 Å². The summed E-state index contributed by atoms with van der Waals surface area (Å²) in [6.45, 7) is 3.59. The van der Waals surface area contributed by atoms with Crippen molar-refractivity contribution < 1.29 is 19.1 Å². The molecule has 0 saturated heterocycles. The molecule has 0 aromatic heterocycles. The van der Waals surface area contributed by atoms with Gasteiger partial charge in [0.1, 0.15) is 12.2 Å².